The molecule has 2 rings (SSSR count). The van der Waals surface area contributed by atoms with Crippen molar-refractivity contribution in [2.24, 2.45) is 0 Å². The summed E-state index contributed by atoms with van der Waals surface area (Å²) in [4.78, 5) is 14.5. The molecule has 0 saturated heterocycles. The summed E-state index contributed by atoms with van der Waals surface area (Å²) < 4.78 is 32.9. The molecule has 0 atom stereocenters. The van der Waals surface area contributed by atoms with Gasteiger partial charge in [0.15, 0.2) is 0 Å². The Morgan fingerprint density at radius 2 is 1.64 bits per heavy atom. The first-order chi connectivity index (χ1) is 13.3. The van der Waals surface area contributed by atoms with Gasteiger partial charge in [-0.15, -0.1) is 0 Å². The third-order valence-electron chi connectivity index (χ3n) is 4.70. The number of benzene rings is 2. The van der Waals surface area contributed by atoms with Crippen LogP contribution in [-0.2, 0) is 14.8 Å². The van der Waals surface area contributed by atoms with Crippen LogP contribution in [0.4, 0.5) is 5.69 Å². The summed E-state index contributed by atoms with van der Waals surface area (Å²) in [5.74, 6) is -0.421. The van der Waals surface area contributed by atoms with Crippen molar-refractivity contribution < 1.29 is 17.9 Å². The van der Waals surface area contributed by atoms with E-state index in [4.69, 9.17) is 4.74 Å². The zero-order valence-corrected chi connectivity index (χ0v) is 17.7. The zero-order chi connectivity index (χ0) is 20.7. The van der Waals surface area contributed by atoms with E-state index in [-0.39, 0.29) is 4.90 Å². The summed E-state index contributed by atoms with van der Waals surface area (Å²) in [6, 6.07) is 11.2. The summed E-state index contributed by atoms with van der Waals surface area (Å²) in [7, 11) is -3.69. The smallest absolute Gasteiger partial charge is 0.338 e. The molecule has 28 heavy (non-hydrogen) atoms. The molecule has 7 heteroatoms. The minimum Gasteiger partial charge on any atom is -0.461 e. The average molecular weight is 405 g/mol. The standard InChI is InChI=1S/C21H28N2O4S/c1-5-23(6-2)13-14-27-21(24)18-8-10-19(11-9-18)22-28(25,26)20-12-7-16(3)17(4)15-20/h7-12,15,22H,5-6,13-14H2,1-4H3. The van der Waals surface area contributed by atoms with Crippen LogP contribution in [0.5, 0.6) is 0 Å². The van der Waals surface area contributed by atoms with E-state index in [1.54, 1.807) is 42.5 Å². The number of likely N-dealkylation sites (N-methyl/N-ethyl adjacent to an activating group) is 1. The van der Waals surface area contributed by atoms with Gasteiger partial charge >= 0.3 is 5.97 Å². The van der Waals surface area contributed by atoms with Gasteiger partial charge in [-0.05, 0) is 74.5 Å². The summed E-state index contributed by atoms with van der Waals surface area (Å²) in [6.07, 6.45) is 0. The molecule has 0 unspecified atom stereocenters. The minimum absolute atomic E-state index is 0.204. The van der Waals surface area contributed by atoms with Crippen molar-refractivity contribution in [3.05, 3.63) is 59.2 Å². The van der Waals surface area contributed by atoms with Gasteiger partial charge in [-0.25, -0.2) is 13.2 Å². The van der Waals surface area contributed by atoms with Crippen molar-refractivity contribution in [2.45, 2.75) is 32.6 Å². The molecule has 0 radical (unpaired) electrons. The fourth-order valence-corrected chi connectivity index (χ4v) is 3.80. The maximum Gasteiger partial charge on any atom is 0.338 e. The number of nitrogens with zero attached hydrogens (tertiary/aromatic N) is 1. The SMILES string of the molecule is CCN(CC)CCOC(=O)c1ccc(NS(=O)(=O)c2ccc(C)c(C)c2)cc1. The largest absolute Gasteiger partial charge is 0.461 e. The van der Waals surface area contributed by atoms with E-state index in [9.17, 15) is 13.2 Å². The van der Waals surface area contributed by atoms with Gasteiger partial charge in [-0.3, -0.25) is 4.72 Å². The van der Waals surface area contributed by atoms with Crippen molar-refractivity contribution in [3.63, 3.8) is 0 Å². The van der Waals surface area contributed by atoms with Crippen LogP contribution >= 0.6 is 0 Å². The molecule has 2 aromatic carbocycles. The summed E-state index contributed by atoms with van der Waals surface area (Å²) in [5, 5.41) is 0. The Balaban J connectivity index is 1.99. The molecule has 0 aromatic heterocycles. The molecular weight excluding hydrogens is 376 g/mol. The summed E-state index contributed by atoms with van der Waals surface area (Å²) >= 11 is 0. The normalized spacial score (nSPS) is 11.5. The minimum atomic E-state index is -3.69. The highest BCUT2D eigenvalue weighted by atomic mass is 32.2. The Labute approximate surface area is 167 Å². The van der Waals surface area contributed by atoms with Crippen LogP contribution in [-0.4, -0.2) is 45.5 Å². The molecule has 1 N–H and O–H groups in total. The van der Waals surface area contributed by atoms with Crippen molar-refractivity contribution in [2.75, 3.05) is 31.0 Å². The Morgan fingerprint density at radius 1 is 1.00 bits per heavy atom. The van der Waals surface area contributed by atoms with E-state index in [0.29, 0.717) is 24.4 Å². The van der Waals surface area contributed by atoms with Crippen LogP contribution < -0.4 is 4.72 Å². The topological polar surface area (TPSA) is 75.7 Å². The number of nitrogens with one attached hydrogen (secondary N) is 1. The number of ether oxygens (including phenoxy) is 1. The lowest BCUT2D eigenvalue weighted by Gasteiger charge is -2.17. The van der Waals surface area contributed by atoms with E-state index in [0.717, 1.165) is 24.2 Å². The highest BCUT2D eigenvalue weighted by molar-refractivity contribution is 7.92. The van der Waals surface area contributed by atoms with Crippen LogP contribution in [0.2, 0.25) is 0 Å². The van der Waals surface area contributed by atoms with E-state index in [1.165, 1.54) is 0 Å². The molecule has 0 fully saturated rings. The monoisotopic (exact) mass is 404 g/mol. The predicted octanol–water partition coefficient (Wildman–Crippen LogP) is 3.60. The van der Waals surface area contributed by atoms with Crippen molar-refractivity contribution in [1.29, 1.82) is 0 Å². The van der Waals surface area contributed by atoms with Gasteiger partial charge < -0.3 is 9.64 Å². The molecule has 0 spiro atoms. The first-order valence-electron chi connectivity index (χ1n) is 9.36. The Bertz CT molecular complexity index is 905. The number of carbonyl (C=O) groups excluding carboxylic acids is 1. The fourth-order valence-electron chi connectivity index (χ4n) is 2.66. The molecule has 0 heterocycles. The van der Waals surface area contributed by atoms with Crippen molar-refractivity contribution in [3.8, 4) is 0 Å². The number of hydrogen-bond donors (Lipinski definition) is 1. The Kier molecular flexibility index (Phi) is 7.60. The van der Waals surface area contributed by atoms with Crippen LogP contribution in [0.15, 0.2) is 47.4 Å². The number of aryl methyl sites for hydroxylation is 2. The van der Waals surface area contributed by atoms with Gasteiger partial charge in [0.2, 0.25) is 0 Å². The molecule has 0 aliphatic rings. The number of esters is 1. The second-order valence-corrected chi connectivity index (χ2v) is 8.27. The van der Waals surface area contributed by atoms with Gasteiger partial charge in [0.1, 0.15) is 6.61 Å². The van der Waals surface area contributed by atoms with Crippen LogP contribution in [0.25, 0.3) is 0 Å². The first kappa shape index (κ1) is 21.9. The number of rotatable bonds is 9. The van der Waals surface area contributed by atoms with Gasteiger partial charge in [0.25, 0.3) is 10.0 Å². The fraction of sp³-hybridized carbons (Fsp3) is 0.381. The quantitative estimate of drug-likeness (QED) is 0.646. The molecule has 2 aromatic rings. The Morgan fingerprint density at radius 3 is 2.21 bits per heavy atom. The summed E-state index contributed by atoms with van der Waals surface area (Å²) in [6.45, 7) is 10.7. The second kappa shape index (κ2) is 9.71. The van der Waals surface area contributed by atoms with Crippen molar-refractivity contribution >= 4 is 21.7 Å². The van der Waals surface area contributed by atoms with Crippen LogP contribution in [0, 0.1) is 13.8 Å². The van der Waals surface area contributed by atoms with Crippen LogP contribution in [0.3, 0.4) is 0 Å². The number of anilines is 1. The van der Waals surface area contributed by atoms with Crippen LogP contribution in [0.1, 0.15) is 35.3 Å². The lowest BCUT2D eigenvalue weighted by Crippen LogP contribution is -2.27. The lowest BCUT2D eigenvalue weighted by molar-refractivity contribution is 0.0466. The zero-order valence-electron chi connectivity index (χ0n) is 16.9. The van der Waals surface area contributed by atoms with E-state index in [1.807, 2.05) is 13.8 Å². The number of carbonyl (C=O) groups is 1. The molecule has 152 valence electrons. The highest BCUT2D eigenvalue weighted by Crippen LogP contribution is 2.19. The molecule has 0 saturated carbocycles. The first-order valence-corrected chi connectivity index (χ1v) is 10.8. The third-order valence-corrected chi connectivity index (χ3v) is 6.08. The maximum atomic E-state index is 12.5. The van der Waals surface area contributed by atoms with E-state index in [2.05, 4.69) is 23.5 Å². The molecule has 0 aliphatic carbocycles. The van der Waals surface area contributed by atoms with Crippen molar-refractivity contribution in [1.82, 2.24) is 4.90 Å². The average Bonchev–Trinajstić information content (AvgIpc) is 2.67. The molecule has 0 bridgehead atoms. The van der Waals surface area contributed by atoms with Gasteiger partial charge in [0.05, 0.1) is 10.5 Å². The Hall–Kier alpha value is -2.38. The molecule has 0 aliphatic heterocycles. The molecule has 0 amide bonds. The molecule has 6 nitrogen and oxygen atoms in total. The maximum absolute atomic E-state index is 12.5. The number of sulfonamides is 1. The van der Waals surface area contributed by atoms with Gasteiger partial charge in [-0.1, -0.05) is 19.9 Å². The van der Waals surface area contributed by atoms with E-state index < -0.39 is 16.0 Å². The highest BCUT2D eigenvalue weighted by Gasteiger charge is 2.15. The second-order valence-electron chi connectivity index (χ2n) is 6.59. The lowest BCUT2D eigenvalue weighted by atomic mass is 10.1. The number of hydrogen-bond acceptors (Lipinski definition) is 5. The third kappa shape index (κ3) is 5.81. The van der Waals surface area contributed by atoms with Gasteiger partial charge in [-0.2, -0.15) is 0 Å². The van der Waals surface area contributed by atoms with Gasteiger partial charge in [0, 0.05) is 12.2 Å². The predicted molar refractivity (Wildman–Crippen MR) is 111 cm³/mol. The molecular formula is C21H28N2O4S. The van der Waals surface area contributed by atoms with E-state index >= 15 is 0 Å². The summed E-state index contributed by atoms with van der Waals surface area (Å²) in [5.41, 5.74) is 2.71.